The van der Waals surface area contributed by atoms with Gasteiger partial charge >= 0.3 is 0 Å². The first-order valence-electron chi connectivity index (χ1n) is 5.29. The maximum Gasteiger partial charge on any atom is 0.200 e. The van der Waals surface area contributed by atoms with E-state index in [0.717, 1.165) is 12.5 Å². The Labute approximate surface area is 92.2 Å². The van der Waals surface area contributed by atoms with E-state index in [9.17, 15) is 13.6 Å². The maximum atomic E-state index is 13.3. The molecule has 4 heteroatoms. The molecule has 16 heavy (non-hydrogen) atoms. The molecule has 0 amide bonds. The van der Waals surface area contributed by atoms with Gasteiger partial charge in [-0.2, -0.15) is 4.39 Å². The lowest BCUT2D eigenvalue weighted by Gasteiger charge is -2.08. The SMILES string of the molecule is CCCC(=O)C1Cc2ccc(F)c(F)c2O1. The molecular formula is C12H12F2O2. The summed E-state index contributed by atoms with van der Waals surface area (Å²) < 4.78 is 31.4. The van der Waals surface area contributed by atoms with Crippen molar-refractivity contribution in [2.24, 2.45) is 0 Å². The van der Waals surface area contributed by atoms with E-state index in [1.807, 2.05) is 6.92 Å². The second kappa shape index (κ2) is 4.20. The van der Waals surface area contributed by atoms with E-state index in [-0.39, 0.29) is 11.5 Å². The van der Waals surface area contributed by atoms with E-state index < -0.39 is 17.7 Å². The third-order valence-corrected chi connectivity index (χ3v) is 2.65. The van der Waals surface area contributed by atoms with Crippen molar-refractivity contribution >= 4 is 5.78 Å². The van der Waals surface area contributed by atoms with Crippen molar-refractivity contribution in [3.63, 3.8) is 0 Å². The molecule has 0 aliphatic carbocycles. The lowest BCUT2D eigenvalue weighted by molar-refractivity contribution is -0.125. The highest BCUT2D eigenvalue weighted by Gasteiger charge is 2.31. The summed E-state index contributed by atoms with van der Waals surface area (Å²) in [6, 6.07) is 2.52. The van der Waals surface area contributed by atoms with Crippen molar-refractivity contribution in [1.29, 1.82) is 0 Å². The molecule has 1 unspecified atom stereocenters. The number of fused-ring (bicyclic) bond motifs is 1. The summed E-state index contributed by atoms with van der Waals surface area (Å²) >= 11 is 0. The molecule has 1 heterocycles. The zero-order chi connectivity index (χ0) is 11.7. The van der Waals surface area contributed by atoms with E-state index in [4.69, 9.17) is 4.74 Å². The van der Waals surface area contributed by atoms with Gasteiger partial charge < -0.3 is 4.74 Å². The zero-order valence-electron chi connectivity index (χ0n) is 8.93. The molecule has 2 nitrogen and oxygen atoms in total. The van der Waals surface area contributed by atoms with Crippen LogP contribution in [0.4, 0.5) is 8.78 Å². The third-order valence-electron chi connectivity index (χ3n) is 2.65. The molecule has 86 valence electrons. The Kier molecular flexibility index (Phi) is 2.90. The highest BCUT2D eigenvalue weighted by Crippen LogP contribution is 2.33. The van der Waals surface area contributed by atoms with Gasteiger partial charge in [0.25, 0.3) is 0 Å². The van der Waals surface area contributed by atoms with Crippen LogP contribution in [0.1, 0.15) is 25.3 Å². The van der Waals surface area contributed by atoms with Gasteiger partial charge in [0.1, 0.15) is 0 Å². The van der Waals surface area contributed by atoms with Crippen LogP contribution in [0.2, 0.25) is 0 Å². The molecule has 0 saturated heterocycles. The first-order valence-corrected chi connectivity index (χ1v) is 5.29. The first-order chi connectivity index (χ1) is 7.63. The molecule has 1 aromatic rings. The van der Waals surface area contributed by atoms with Gasteiger partial charge in [-0.1, -0.05) is 13.0 Å². The number of Topliss-reactive ketones (excluding diaryl/α,β-unsaturated/α-hetero) is 1. The Morgan fingerprint density at radius 1 is 1.50 bits per heavy atom. The van der Waals surface area contributed by atoms with Crippen molar-refractivity contribution in [1.82, 2.24) is 0 Å². The van der Waals surface area contributed by atoms with Crippen LogP contribution in [0.3, 0.4) is 0 Å². The van der Waals surface area contributed by atoms with Gasteiger partial charge in [0.2, 0.25) is 5.82 Å². The van der Waals surface area contributed by atoms with Gasteiger partial charge in [-0.05, 0) is 12.5 Å². The molecule has 1 aliphatic rings. The minimum Gasteiger partial charge on any atom is -0.479 e. The molecule has 0 spiro atoms. The number of rotatable bonds is 3. The zero-order valence-corrected chi connectivity index (χ0v) is 8.93. The smallest absolute Gasteiger partial charge is 0.200 e. The molecule has 0 bridgehead atoms. The molecule has 1 atom stereocenters. The molecule has 0 saturated carbocycles. The summed E-state index contributed by atoms with van der Waals surface area (Å²) in [5, 5.41) is 0. The van der Waals surface area contributed by atoms with E-state index >= 15 is 0 Å². The molecular weight excluding hydrogens is 214 g/mol. The molecule has 0 fully saturated rings. The predicted octanol–water partition coefficient (Wildman–Crippen LogP) is 2.64. The second-order valence-electron chi connectivity index (χ2n) is 3.88. The van der Waals surface area contributed by atoms with Crippen molar-refractivity contribution in [2.75, 3.05) is 0 Å². The van der Waals surface area contributed by atoms with Crippen LogP contribution in [0.5, 0.6) is 5.75 Å². The Hall–Kier alpha value is -1.45. The molecule has 2 rings (SSSR count). The lowest BCUT2D eigenvalue weighted by Crippen LogP contribution is -2.24. The van der Waals surface area contributed by atoms with Crippen molar-refractivity contribution in [2.45, 2.75) is 32.3 Å². The number of ketones is 1. The first kappa shape index (κ1) is 11.0. The van der Waals surface area contributed by atoms with Crippen LogP contribution in [-0.2, 0) is 11.2 Å². The number of hydrogen-bond donors (Lipinski definition) is 0. The van der Waals surface area contributed by atoms with Crippen LogP contribution in [0.15, 0.2) is 12.1 Å². The molecule has 1 aliphatic heterocycles. The van der Waals surface area contributed by atoms with Gasteiger partial charge in [-0.15, -0.1) is 0 Å². The lowest BCUT2D eigenvalue weighted by atomic mass is 10.0. The van der Waals surface area contributed by atoms with Gasteiger partial charge in [0.05, 0.1) is 0 Å². The molecule has 0 N–H and O–H groups in total. The van der Waals surface area contributed by atoms with Gasteiger partial charge in [0.15, 0.2) is 23.5 Å². The topological polar surface area (TPSA) is 26.3 Å². The Morgan fingerprint density at radius 2 is 2.25 bits per heavy atom. The van der Waals surface area contributed by atoms with Crippen molar-refractivity contribution < 1.29 is 18.3 Å². The normalized spacial score (nSPS) is 18.1. The van der Waals surface area contributed by atoms with Crippen molar-refractivity contribution in [3.8, 4) is 5.75 Å². The van der Waals surface area contributed by atoms with E-state index in [2.05, 4.69) is 0 Å². The largest absolute Gasteiger partial charge is 0.479 e. The van der Waals surface area contributed by atoms with Crippen LogP contribution < -0.4 is 4.74 Å². The quantitative estimate of drug-likeness (QED) is 0.792. The minimum atomic E-state index is -0.996. The fourth-order valence-corrected chi connectivity index (χ4v) is 1.83. The van der Waals surface area contributed by atoms with Crippen LogP contribution in [0, 0.1) is 11.6 Å². The standard InChI is InChI=1S/C12H12F2O2/c1-2-3-9(15)10-6-7-4-5-8(13)11(14)12(7)16-10/h4-5,10H,2-3,6H2,1H3. The molecule has 0 aromatic heterocycles. The van der Waals surface area contributed by atoms with Crippen LogP contribution in [-0.4, -0.2) is 11.9 Å². The average Bonchev–Trinajstić information content (AvgIpc) is 2.69. The average molecular weight is 226 g/mol. The third kappa shape index (κ3) is 1.79. The monoisotopic (exact) mass is 226 g/mol. The number of benzene rings is 1. The summed E-state index contributed by atoms with van der Waals surface area (Å²) in [6.45, 7) is 1.89. The van der Waals surface area contributed by atoms with E-state index in [1.54, 1.807) is 0 Å². The molecule has 1 aromatic carbocycles. The van der Waals surface area contributed by atoms with Crippen LogP contribution >= 0.6 is 0 Å². The summed E-state index contributed by atoms with van der Waals surface area (Å²) in [7, 11) is 0. The summed E-state index contributed by atoms with van der Waals surface area (Å²) in [5.74, 6) is -2.10. The Morgan fingerprint density at radius 3 is 2.94 bits per heavy atom. The fraction of sp³-hybridized carbons (Fsp3) is 0.417. The number of carbonyl (C=O) groups excluding carboxylic acids is 1. The number of hydrogen-bond acceptors (Lipinski definition) is 2. The summed E-state index contributed by atoms with van der Waals surface area (Å²) in [5.41, 5.74) is 0.563. The molecule has 0 radical (unpaired) electrons. The number of ether oxygens (including phenoxy) is 1. The maximum absolute atomic E-state index is 13.3. The highest BCUT2D eigenvalue weighted by atomic mass is 19.2. The van der Waals surface area contributed by atoms with Crippen LogP contribution in [0.25, 0.3) is 0 Å². The van der Waals surface area contributed by atoms with Gasteiger partial charge in [0, 0.05) is 18.4 Å². The van der Waals surface area contributed by atoms with E-state index in [1.165, 1.54) is 6.07 Å². The fourth-order valence-electron chi connectivity index (χ4n) is 1.83. The van der Waals surface area contributed by atoms with E-state index in [0.29, 0.717) is 18.4 Å². The number of halogens is 2. The van der Waals surface area contributed by atoms with Gasteiger partial charge in [-0.3, -0.25) is 4.79 Å². The van der Waals surface area contributed by atoms with Crippen molar-refractivity contribution in [3.05, 3.63) is 29.3 Å². The van der Waals surface area contributed by atoms with Gasteiger partial charge in [-0.25, -0.2) is 4.39 Å². The summed E-state index contributed by atoms with van der Waals surface area (Å²) in [4.78, 5) is 11.6. The summed E-state index contributed by atoms with van der Waals surface area (Å²) in [6.07, 6.45) is 0.825. The highest BCUT2D eigenvalue weighted by molar-refractivity contribution is 5.84. The predicted molar refractivity (Wildman–Crippen MR) is 54.4 cm³/mol. The Bertz CT molecular complexity index is 429. The minimum absolute atomic E-state index is 0.0569. The number of carbonyl (C=O) groups is 1. The second-order valence-corrected chi connectivity index (χ2v) is 3.88. The Balaban J connectivity index is 2.21.